The molecule has 1 saturated carbocycles. The lowest BCUT2D eigenvalue weighted by Gasteiger charge is -2.34. The number of rotatable bonds is 12. The number of carbonyl (C=O) groups is 2. The molecule has 0 heterocycles. The number of anilines is 1. The Morgan fingerprint density at radius 2 is 1.41 bits per heavy atom. The fraction of sp³-hybridized carbons (Fsp3) is 0.257. The smallest absolute Gasteiger partial charge is 0.264 e. The van der Waals surface area contributed by atoms with E-state index in [1.165, 1.54) is 29.2 Å². The molecule has 2 amide bonds. The number of hydrogen-bond donors (Lipinski definition) is 1. The summed E-state index contributed by atoms with van der Waals surface area (Å²) in [5.41, 5.74) is 1.80. The molecule has 0 spiro atoms. The van der Waals surface area contributed by atoms with Gasteiger partial charge < -0.3 is 10.2 Å². The summed E-state index contributed by atoms with van der Waals surface area (Å²) < 4.78 is 29.2. The summed E-state index contributed by atoms with van der Waals surface area (Å²) in [4.78, 5) is 30.0. The highest BCUT2D eigenvalue weighted by Gasteiger charge is 2.35. The van der Waals surface area contributed by atoms with Crippen molar-refractivity contribution in [2.45, 2.75) is 55.6 Å². The molecule has 240 valence electrons. The first-order valence-electron chi connectivity index (χ1n) is 15.0. The number of halogens is 3. The average Bonchev–Trinajstić information content (AvgIpc) is 3.57. The zero-order valence-electron chi connectivity index (χ0n) is 25.0. The Morgan fingerprint density at radius 3 is 2.04 bits per heavy atom. The minimum atomic E-state index is -4.22. The summed E-state index contributed by atoms with van der Waals surface area (Å²) in [6, 6.07) is 27.7. The van der Waals surface area contributed by atoms with Gasteiger partial charge in [-0.2, -0.15) is 0 Å². The van der Waals surface area contributed by atoms with E-state index in [9.17, 15) is 18.0 Å². The highest BCUT2D eigenvalue weighted by Crippen LogP contribution is 2.28. The summed E-state index contributed by atoms with van der Waals surface area (Å²) >= 11 is 18.6. The zero-order chi connectivity index (χ0) is 32.7. The van der Waals surface area contributed by atoms with Crippen LogP contribution in [0.25, 0.3) is 0 Å². The van der Waals surface area contributed by atoms with Gasteiger partial charge in [-0.3, -0.25) is 13.9 Å². The van der Waals surface area contributed by atoms with Crippen molar-refractivity contribution in [3.05, 3.63) is 129 Å². The third-order valence-corrected chi connectivity index (χ3v) is 10.8. The molecule has 1 N–H and O–H groups in total. The van der Waals surface area contributed by atoms with Gasteiger partial charge in [0.15, 0.2) is 0 Å². The number of benzene rings is 4. The molecule has 1 aliphatic rings. The van der Waals surface area contributed by atoms with Gasteiger partial charge in [-0.1, -0.05) is 102 Å². The van der Waals surface area contributed by atoms with E-state index in [-0.39, 0.29) is 29.8 Å². The van der Waals surface area contributed by atoms with Gasteiger partial charge in [0, 0.05) is 24.0 Å². The average molecular weight is 699 g/mol. The molecule has 46 heavy (non-hydrogen) atoms. The van der Waals surface area contributed by atoms with Crippen LogP contribution in [0.1, 0.15) is 36.8 Å². The first-order valence-corrected chi connectivity index (χ1v) is 17.6. The summed E-state index contributed by atoms with van der Waals surface area (Å²) in [6.45, 7) is -0.562. The second-order valence-corrected chi connectivity index (χ2v) is 14.4. The topological polar surface area (TPSA) is 86.8 Å². The number of nitrogens with zero attached hydrogens (tertiary/aromatic N) is 2. The lowest BCUT2D eigenvalue weighted by Crippen LogP contribution is -2.54. The van der Waals surface area contributed by atoms with Crippen molar-refractivity contribution in [1.29, 1.82) is 0 Å². The van der Waals surface area contributed by atoms with Crippen LogP contribution in [0.4, 0.5) is 5.69 Å². The maximum Gasteiger partial charge on any atom is 0.264 e. The van der Waals surface area contributed by atoms with Crippen LogP contribution in [-0.4, -0.2) is 43.8 Å². The van der Waals surface area contributed by atoms with Gasteiger partial charge in [-0.25, -0.2) is 8.42 Å². The molecule has 0 bridgehead atoms. The van der Waals surface area contributed by atoms with Gasteiger partial charge in [0.25, 0.3) is 10.0 Å². The molecule has 0 aliphatic heterocycles. The van der Waals surface area contributed by atoms with E-state index in [1.807, 2.05) is 30.3 Å². The molecule has 0 aromatic heterocycles. The lowest BCUT2D eigenvalue weighted by molar-refractivity contribution is -0.140. The Hall–Kier alpha value is -3.56. The highest BCUT2D eigenvalue weighted by atomic mass is 35.5. The highest BCUT2D eigenvalue weighted by molar-refractivity contribution is 7.92. The van der Waals surface area contributed by atoms with Gasteiger partial charge in [0.05, 0.1) is 20.6 Å². The van der Waals surface area contributed by atoms with Crippen LogP contribution in [0, 0.1) is 0 Å². The molecule has 0 saturated heterocycles. The Kier molecular flexibility index (Phi) is 11.3. The number of carbonyl (C=O) groups excluding carboxylic acids is 2. The van der Waals surface area contributed by atoms with Gasteiger partial charge >= 0.3 is 0 Å². The molecule has 11 heteroatoms. The van der Waals surface area contributed by atoms with Crippen molar-refractivity contribution >= 4 is 62.3 Å². The zero-order valence-corrected chi connectivity index (χ0v) is 28.1. The summed E-state index contributed by atoms with van der Waals surface area (Å²) in [5, 5.41) is 4.20. The van der Waals surface area contributed by atoms with Crippen molar-refractivity contribution < 1.29 is 18.0 Å². The van der Waals surface area contributed by atoms with Gasteiger partial charge in [-0.15, -0.1) is 0 Å². The molecule has 4 aromatic carbocycles. The Bertz CT molecular complexity index is 1750. The number of sulfonamides is 1. The van der Waals surface area contributed by atoms with E-state index in [0.717, 1.165) is 35.6 Å². The van der Waals surface area contributed by atoms with E-state index < -0.39 is 28.5 Å². The second-order valence-electron chi connectivity index (χ2n) is 11.3. The van der Waals surface area contributed by atoms with E-state index in [0.29, 0.717) is 26.3 Å². The standard InChI is InChI=1S/C35H34Cl3N3O4S/c36-27-16-18-30(19-17-27)46(44,45)41(29-13-5-2-6-14-29)24-34(42)40(23-26-15-20-31(37)32(38)21-26)33(22-25-9-3-1-4-10-25)35(43)39-28-11-7-8-12-28/h1-6,9-10,13-21,28,33H,7-8,11-12,22-24H2,(H,39,43)/t33-/m1/s1. The molecule has 1 aliphatic carbocycles. The van der Waals surface area contributed by atoms with Crippen LogP contribution in [-0.2, 0) is 32.6 Å². The molecule has 0 unspecified atom stereocenters. The maximum atomic E-state index is 14.5. The molecule has 1 fully saturated rings. The quantitative estimate of drug-likeness (QED) is 0.166. The summed E-state index contributed by atoms with van der Waals surface area (Å²) in [7, 11) is -4.22. The monoisotopic (exact) mass is 697 g/mol. The van der Waals surface area contributed by atoms with Crippen molar-refractivity contribution in [3.63, 3.8) is 0 Å². The number of hydrogen-bond acceptors (Lipinski definition) is 4. The Labute approximate surface area is 285 Å². The minimum absolute atomic E-state index is 0.00503. The molecule has 1 atom stereocenters. The predicted octanol–water partition coefficient (Wildman–Crippen LogP) is 7.54. The van der Waals surface area contributed by atoms with Gasteiger partial charge in [-0.05, 0) is 72.5 Å². The van der Waals surface area contributed by atoms with Crippen molar-refractivity contribution in [2.24, 2.45) is 0 Å². The van der Waals surface area contributed by atoms with Crippen LogP contribution in [0.3, 0.4) is 0 Å². The van der Waals surface area contributed by atoms with Crippen LogP contribution >= 0.6 is 34.8 Å². The third-order valence-electron chi connectivity index (χ3n) is 8.03. The molecular formula is C35H34Cl3N3O4S. The fourth-order valence-electron chi connectivity index (χ4n) is 5.61. The Morgan fingerprint density at radius 1 is 0.783 bits per heavy atom. The Balaban J connectivity index is 1.56. The van der Waals surface area contributed by atoms with Crippen molar-refractivity contribution in [3.8, 4) is 0 Å². The van der Waals surface area contributed by atoms with Crippen LogP contribution in [0.15, 0.2) is 108 Å². The largest absolute Gasteiger partial charge is 0.352 e. The van der Waals surface area contributed by atoms with Gasteiger partial charge in [0.2, 0.25) is 11.8 Å². The van der Waals surface area contributed by atoms with Crippen molar-refractivity contribution in [2.75, 3.05) is 10.8 Å². The molecule has 0 radical (unpaired) electrons. The lowest BCUT2D eigenvalue weighted by atomic mass is 10.0. The third kappa shape index (κ3) is 8.42. The number of nitrogens with one attached hydrogen (secondary N) is 1. The van der Waals surface area contributed by atoms with Crippen LogP contribution in [0.5, 0.6) is 0 Å². The van der Waals surface area contributed by atoms with Crippen LogP contribution in [0.2, 0.25) is 15.1 Å². The molecule has 4 aromatic rings. The van der Waals surface area contributed by atoms with E-state index in [1.54, 1.807) is 48.5 Å². The molecule has 7 nitrogen and oxygen atoms in total. The van der Waals surface area contributed by atoms with E-state index in [2.05, 4.69) is 5.32 Å². The second kappa shape index (κ2) is 15.4. The van der Waals surface area contributed by atoms with Crippen molar-refractivity contribution in [1.82, 2.24) is 10.2 Å². The first kappa shape index (κ1) is 33.8. The van der Waals surface area contributed by atoms with Crippen LogP contribution < -0.4 is 9.62 Å². The minimum Gasteiger partial charge on any atom is -0.352 e. The van der Waals surface area contributed by atoms with E-state index >= 15 is 0 Å². The number of para-hydroxylation sites is 1. The summed E-state index contributed by atoms with van der Waals surface area (Å²) in [5.74, 6) is -0.856. The SMILES string of the molecule is O=C(NC1CCCC1)[C@@H](Cc1ccccc1)N(Cc1ccc(Cl)c(Cl)c1)C(=O)CN(c1ccccc1)S(=O)(=O)c1ccc(Cl)cc1. The molecular weight excluding hydrogens is 665 g/mol. The number of amides is 2. The molecule has 5 rings (SSSR count). The fourth-order valence-corrected chi connectivity index (χ4v) is 7.47. The summed E-state index contributed by atoms with van der Waals surface area (Å²) in [6.07, 6.45) is 4.00. The predicted molar refractivity (Wildman–Crippen MR) is 184 cm³/mol. The van der Waals surface area contributed by atoms with Gasteiger partial charge in [0.1, 0.15) is 12.6 Å². The maximum absolute atomic E-state index is 14.5. The normalized spacial score (nSPS) is 14.1. The first-order chi connectivity index (χ1) is 22.1. The van der Waals surface area contributed by atoms with E-state index in [4.69, 9.17) is 34.8 Å².